The molecule has 1 N–H and O–H groups in total. The highest BCUT2D eigenvalue weighted by molar-refractivity contribution is 7.93. The van der Waals surface area contributed by atoms with Crippen molar-refractivity contribution in [2.45, 2.75) is 4.90 Å². The fourth-order valence-corrected chi connectivity index (χ4v) is 4.62. The lowest BCUT2D eigenvalue weighted by molar-refractivity contribution is -0.387. The van der Waals surface area contributed by atoms with E-state index < -0.39 is 38.0 Å². The van der Waals surface area contributed by atoms with Crippen molar-refractivity contribution in [3.05, 3.63) is 82.7 Å². The number of nitro groups is 1. The number of nitro benzene ring substituents is 1. The van der Waals surface area contributed by atoms with E-state index in [0.717, 1.165) is 12.1 Å². The SMILES string of the molecule is COc1ccc(N(CC(=O)N/N=C\c2ccccn2)S(=O)(=O)c2ccccc2[N+](=O)[O-])c(OC)c1. The number of carbonyl (C=O) groups excluding carboxylic acids is 1. The highest BCUT2D eigenvalue weighted by Gasteiger charge is 2.34. The Labute approximate surface area is 201 Å². The average molecular weight is 500 g/mol. The van der Waals surface area contributed by atoms with E-state index in [9.17, 15) is 23.3 Å². The molecule has 0 radical (unpaired) electrons. The molecule has 2 aromatic carbocycles. The maximum Gasteiger partial charge on any atom is 0.289 e. The zero-order valence-corrected chi connectivity index (χ0v) is 19.5. The Morgan fingerprint density at radius 2 is 1.89 bits per heavy atom. The zero-order chi connectivity index (χ0) is 25.4. The second kappa shape index (κ2) is 11.1. The summed E-state index contributed by atoms with van der Waals surface area (Å²) in [4.78, 5) is 26.8. The van der Waals surface area contributed by atoms with Gasteiger partial charge in [-0.1, -0.05) is 18.2 Å². The number of sulfonamides is 1. The van der Waals surface area contributed by atoms with Gasteiger partial charge in [-0.3, -0.25) is 24.2 Å². The van der Waals surface area contributed by atoms with Gasteiger partial charge in [0.25, 0.3) is 21.6 Å². The summed E-state index contributed by atoms with van der Waals surface area (Å²) in [6.07, 6.45) is 2.83. The highest BCUT2D eigenvalue weighted by Crippen LogP contribution is 2.37. The first-order chi connectivity index (χ1) is 16.8. The second-order valence-corrected chi connectivity index (χ2v) is 8.65. The molecule has 0 spiro atoms. The maximum atomic E-state index is 13.6. The third kappa shape index (κ3) is 5.89. The van der Waals surface area contributed by atoms with Gasteiger partial charge in [0, 0.05) is 18.3 Å². The molecule has 1 amide bonds. The Balaban J connectivity index is 2.02. The Morgan fingerprint density at radius 1 is 1.14 bits per heavy atom. The number of nitrogens with zero attached hydrogens (tertiary/aromatic N) is 4. The Hall–Kier alpha value is -4.52. The lowest BCUT2D eigenvalue weighted by Gasteiger charge is -2.25. The first-order valence-electron chi connectivity index (χ1n) is 9.99. The molecule has 0 atom stereocenters. The smallest absolute Gasteiger partial charge is 0.289 e. The van der Waals surface area contributed by atoms with E-state index in [-0.39, 0.29) is 11.4 Å². The van der Waals surface area contributed by atoms with Crippen molar-refractivity contribution < 1.29 is 27.6 Å². The lowest BCUT2D eigenvalue weighted by Crippen LogP contribution is -2.40. The Bertz CT molecular complexity index is 1350. The molecule has 1 aromatic heterocycles. The van der Waals surface area contributed by atoms with E-state index in [1.807, 2.05) is 0 Å². The normalized spacial score (nSPS) is 11.1. The van der Waals surface area contributed by atoms with Crippen LogP contribution in [0, 0.1) is 10.1 Å². The van der Waals surface area contributed by atoms with Crippen LogP contribution in [0.2, 0.25) is 0 Å². The van der Waals surface area contributed by atoms with Gasteiger partial charge in [0.1, 0.15) is 18.0 Å². The molecule has 13 heteroatoms. The topological polar surface area (TPSA) is 153 Å². The van der Waals surface area contributed by atoms with Crippen LogP contribution in [0.25, 0.3) is 0 Å². The number of methoxy groups -OCH3 is 2. The summed E-state index contributed by atoms with van der Waals surface area (Å²) in [7, 11) is -1.88. The Kier molecular flexibility index (Phi) is 7.94. The number of nitrogens with one attached hydrogen (secondary N) is 1. The lowest BCUT2D eigenvalue weighted by atomic mass is 10.2. The number of hydrogen-bond acceptors (Lipinski definition) is 9. The molecule has 35 heavy (non-hydrogen) atoms. The van der Waals surface area contributed by atoms with E-state index in [1.165, 1.54) is 50.8 Å². The maximum absolute atomic E-state index is 13.6. The first-order valence-corrected chi connectivity index (χ1v) is 11.4. The number of carbonyl (C=O) groups is 1. The van der Waals surface area contributed by atoms with Gasteiger partial charge in [-0.2, -0.15) is 5.10 Å². The van der Waals surface area contributed by atoms with Crippen LogP contribution in [-0.4, -0.2) is 51.2 Å². The van der Waals surface area contributed by atoms with Crippen molar-refractivity contribution in [1.29, 1.82) is 0 Å². The predicted octanol–water partition coefficient (Wildman–Crippen LogP) is 2.35. The number of ether oxygens (including phenoxy) is 2. The van der Waals surface area contributed by atoms with Crippen molar-refractivity contribution in [3.63, 3.8) is 0 Å². The predicted molar refractivity (Wildman–Crippen MR) is 127 cm³/mol. The van der Waals surface area contributed by atoms with Gasteiger partial charge in [-0.25, -0.2) is 13.8 Å². The van der Waals surface area contributed by atoms with Crippen LogP contribution in [0.4, 0.5) is 11.4 Å². The molecule has 1 heterocycles. The van der Waals surface area contributed by atoms with Crippen LogP contribution in [0.3, 0.4) is 0 Å². The van der Waals surface area contributed by atoms with Crippen molar-refractivity contribution >= 4 is 33.5 Å². The summed E-state index contributed by atoms with van der Waals surface area (Å²) >= 11 is 0. The molecule has 0 aliphatic heterocycles. The fourth-order valence-electron chi connectivity index (χ4n) is 3.02. The molecule has 3 rings (SSSR count). The number of benzene rings is 2. The van der Waals surface area contributed by atoms with E-state index in [2.05, 4.69) is 15.5 Å². The van der Waals surface area contributed by atoms with Crippen LogP contribution >= 0.6 is 0 Å². The molecule has 0 unspecified atom stereocenters. The molecule has 0 saturated heterocycles. The molecule has 12 nitrogen and oxygen atoms in total. The van der Waals surface area contributed by atoms with Gasteiger partial charge in [0.15, 0.2) is 4.90 Å². The van der Waals surface area contributed by atoms with Gasteiger partial charge >= 0.3 is 0 Å². The molecule has 0 aliphatic rings. The van der Waals surface area contributed by atoms with E-state index in [4.69, 9.17) is 9.47 Å². The van der Waals surface area contributed by atoms with Crippen molar-refractivity contribution in [2.75, 3.05) is 25.1 Å². The van der Waals surface area contributed by atoms with E-state index in [1.54, 1.807) is 24.4 Å². The number of amides is 1. The van der Waals surface area contributed by atoms with Crippen LogP contribution < -0.4 is 19.2 Å². The molecule has 0 bridgehead atoms. The summed E-state index contributed by atoms with van der Waals surface area (Å²) in [5.41, 5.74) is 2.03. The standard InChI is InChI=1S/C22H21N5O7S/c1-33-17-10-11-18(20(13-17)34-2)26(15-22(28)25-24-14-16-7-5-6-12-23-16)35(31,32)21-9-4-3-8-19(21)27(29)30/h3-14H,15H2,1-2H3,(H,25,28)/b24-14-. The molecule has 182 valence electrons. The number of para-hydroxylation sites is 1. The number of anilines is 1. The molecular weight excluding hydrogens is 478 g/mol. The van der Waals surface area contributed by atoms with E-state index >= 15 is 0 Å². The van der Waals surface area contributed by atoms with Crippen molar-refractivity contribution in [3.8, 4) is 11.5 Å². The number of hydrazone groups is 1. The molecular formula is C22H21N5O7S. The molecule has 3 aromatic rings. The van der Waals surface area contributed by atoms with Crippen LogP contribution in [-0.2, 0) is 14.8 Å². The third-order valence-corrected chi connectivity index (χ3v) is 6.45. The Morgan fingerprint density at radius 3 is 2.54 bits per heavy atom. The minimum Gasteiger partial charge on any atom is -0.497 e. The number of aromatic nitrogens is 1. The van der Waals surface area contributed by atoms with Gasteiger partial charge < -0.3 is 9.47 Å². The van der Waals surface area contributed by atoms with Gasteiger partial charge in [0.05, 0.1) is 36.7 Å². The fraction of sp³-hybridized carbons (Fsp3) is 0.136. The van der Waals surface area contributed by atoms with Crippen LogP contribution in [0.15, 0.2) is 76.9 Å². The van der Waals surface area contributed by atoms with Crippen molar-refractivity contribution in [2.24, 2.45) is 5.10 Å². The second-order valence-electron chi connectivity index (χ2n) is 6.82. The highest BCUT2D eigenvalue weighted by atomic mass is 32.2. The largest absolute Gasteiger partial charge is 0.497 e. The summed E-state index contributed by atoms with van der Waals surface area (Å²) in [5, 5.41) is 15.3. The summed E-state index contributed by atoms with van der Waals surface area (Å²) in [5.74, 6) is -0.369. The zero-order valence-electron chi connectivity index (χ0n) is 18.7. The quantitative estimate of drug-likeness (QED) is 0.253. The minimum absolute atomic E-state index is 0.0321. The van der Waals surface area contributed by atoms with E-state index in [0.29, 0.717) is 15.7 Å². The van der Waals surface area contributed by atoms with Crippen LogP contribution in [0.5, 0.6) is 11.5 Å². The average Bonchev–Trinajstić information content (AvgIpc) is 2.87. The molecule has 0 fully saturated rings. The third-order valence-electron chi connectivity index (χ3n) is 4.65. The molecule has 0 aliphatic carbocycles. The summed E-state index contributed by atoms with van der Waals surface area (Å²) in [6.45, 7) is -0.753. The number of hydrogen-bond donors (Lipinski definition) is 1. The summed E-state index contributed by atoms with van der Waals surface area (Å²) in [6, 6.07) is 14.2. The minimum atomic E-state index is -4.61. The van der Waals surface area contributed by atoms with Gasteiger partial charge in [0.2, 0.25) is 0 Å². The summed E-state index contributed by atoms with van der Waals surface area (Å²) < 4.78 is 38.4. The van der Waals surface area contributed by atoms with Crippen molar-refractivity contribution in [1.82, 2.24) is 10.4 Å². The first kappa shape index (κ1) is 25.1. The van der Waals surface area contributed by atoms with Gasteiger partial charge in [-0.15, -0.1) is 0 Å². The monoisotopic (exact) mass is 499 g/mol. The molecule has 0 saturated carbocycles. The van der Waals surface area contributed by atoms with Gasteiger partial charge in [-0.05, 0) is 30.3 Å². The number of rotatable bonds is 10. The number of pyridine rings is 1. The van der Waals surface area contributed by atoms with Crippen LogP contribution in [0.1, 0.15) is 5.69 Å².